The van der Waals surface area contributed by atoms with Crippen molar-refractivity contribution in [2.24, 2.45) is 5.73 Å². The highest BCUT2D eigenvalue weighted by atomic mass is 16.2. The first-order chi connectivity index (χ1) is 11.0. The molecule has 7 heteroatoms. The van der Waals surface area contributed by atoms with Crippen molar-refractivity contribution < 1.29 is 9.59 Å². The lowest BCUT2D eigenvalue weighted by atomic mass is 10.0. The third-order valence-electron chi connectivity index (χ3n) is 4.24. The van der Waals surface area contributed by atoms with Gasteiger partial charge in [-0.3, -0.25) is 14.3 Å². The Hall–Kier alpha value is -1.89. The summed E-state index contributed by atoms with van der Waals surface area (Å²) in [7, 11) is 0. The Balaban J connectivity index is 1.95. The van der Waals surface area contributed by atoms with Gasteiger partial charge in [-0.15, -0.1) is 0 Å². The van der Waals surface area contributed by atoms with Gasteiger partial charge in [0.05, 0.1) is 5.69 Å². The molecule has 0 spiro atoms. The number of aromatic nitrogens is 2. The van der Waals surface area contributed by atoms with Crippen molar-refractivity contribution >= 4 is 11.8 Å². The number of carbonyl (C=O) groups is 2. The number of nitrogens with two attached hydrogens (primary N) is 1. The number of amides is 2. The second-order valence-corrected chi connectivity index (χ2v) is 6.16. The zero-order chi connectivity index (χ0) is 16.8. The van der Waals surface area contributed by atoms with Crippen molar-refractivity contribution in [3.63, 3.8) is 0 Å². The van der Waals surface area contributed by atoms with Gasteiger partial charge in [-0.2, -0.15) is 5.10 Å². The summed E-state index contributed by atoms with van der Waals surface area (Å²) < 4.78 is 1.75. The molecule has 0 radical (unpaired) electrons. The summed E-state index contributed by atoms with van der Waals surface area (Å²) in [5.74, 6) is 0.0120. The number of nitrogens with zero attached hydrogens (tertiary/aromatic N) is 3. The monoisotopic (exact) mass is 321 g/mol. The predicted molar refractivity (Wildman–Crippen MR) is 87.7 cm³/mol. The highest BCUT2D eigenvalue weighted by molar-refractivity contribution is 5.77. The standard InChI is InChI=1S/C16H27N5O2/c1-12-9-13(2)21(19-12)11-16(23)20-8-4-3-5-14(20)10-18-15(22)6-7-17/h9,14H,3-8,10-11,17H2,1-2H3,(H,18,22). The van der Waals surface area contributed by atoms with Crippen LogP contribution in [-0.4, -0.2) is 52.2 Å². The molecule has 1 aliphatic heterocycles. The van der Waals surface area contributed by atoms with E-state index in [-0.39, 0.29) is 24.4 Å². The Bertz CT molecular complexity index is 555. The van der Waals surface area contributed by atoms with Gasteiger partial charge in [-0.25, -0.2) is 0 Å². The van der Waals surface area contributed by atoms with Crippen LogP contribution < -0.4 is 11.1 Å². The average molecular weight is 321 g/mol. The zero-order valence-corrected chi connectivity index (χ0v) is 14.0. The van der Waals surface area contributed by atoms with E-state index in [1.165, 1.54) is 0 Å². The smallest absolute Gasteiger partial charge is 0.244 e. The maximum absolute atomic E-state index is 12.6. The second kappa shape index (κ2) is 8.10. The minimum atomic E-state index is -0.0518. The average Bonchev–Trinajstić information content (AvgIpc) is 2.83. The van der Waals surface area contributed by atoms with Crippen LogP contribution in [-0.2, 0) is 16.1 Å². The van der Waals surface area contributed by atoms with Gasteiger partial charge < -0.3 is 16.0 Å². The van der Waals surface area contributed by atoms with E-state index in [9.17, 15) is 9.59 Å². The third-order valence-corrected chi connectivity index (χ3v) is 4.24. The number of rotatable bonds is 6. The first-order valence-corrected chi connectivity index (χ1v) is 8.28. The van der Waals surface area contributed by atoms with Gasteiger partial charge in [0.15, 0.2) is 0 Å². The molecular formula is C16H27N5O2. The van der Waals surface area contributed by atoms with E-state index in [2.05, 4.69) is 10.4 Å². The van der Waals surface area contributed by atoms with Crippen LogP contribution in [0.3, 0.4) is 0 Å². The molecule has 0 saturated carbocycles. The van der Waals surface area contributed by atoms with Crippen LogP contribution in [0.15, 0.2) is 6.07 Å². The number of hydrogen-bond acceptors (Lipinski definition) is 4. The number of piperidine rings is 1. The normalized spacial score (nSPS) is 18.0. The highest BCUT2D eigenvalue weighted by Gasteiger charge is 2.27. The molecule has 1 aromatic rings. The van der Waals surface area contributed by atoms with Crippen LogP contribution in [0.1, 0.15) is 37.1 Å². The first-order valence-electron chi connectivity index (χ1n) is 8.28. The molecule has 128 valence electrons. The Morgan fingerprint density at radius 3 is 2.83 bits per heavy atom. The minimum absolute atomic E-state index is 0.0518. The number of likely N-dealkylation sites (tertiary alicyclic amines) is 1. The van der Waals surface area contributed by atoms with Crippen molar-refractivity contribution in [3.8, 4) is 0 Å². The van der Waals surface area contributed by atoms with Crippen molar-refractivity contribution in [2.75, 3.05) is 19.6 Å². The molecule has 2 rings (SSSR count). The van der Waals surface area contributed by atoms with Crippen LogP contribution in [0.25, 0.3) is 0 Å². The maximum atomic E-state index is 12.6. The molecule has 1 aliphatic rings. The molecular weight excluding hydrogens is 294 g/mol. The summed E-state index contributed by atoms with van der Waals surface area (Å²) in [6, 6.07) is 2.03. The topological polar surface area (TPSA) is 93.2 Å². The fourth-order valence-electron chi connectivity index (χ4n) is 3.05. The molecule has 1 saturated heterocycles. The highest BCUT2D eigenvalue weighted by Crippen LogP contribution is 2.17. The van der Waals surface area contributed by atoms with Gasteiger partial charge in [-0.05, 0) is 39.2 Å². The van der Waals surface area contributed by atoms with Crippen molar-refractivity contribution in [2.45, 2.75) is 52.1 Å². The molecule has 1 atom stereocenters. The molecule has 0 bridgehead atoms. The summed E-state index contributed by atoms with van der Waals surface area (Å²) >= 11 is 0. The summed E-state index contributed by atoms with van der Waals surface area (Å²) in [5.41, 5.74) is 7.28. The third kappa shape index (κ3) is 4.79. The summed E-state index contributed by atoms with van der Waals surface area (Å²) in [6.45, 7) is 5.72. The molecule has 0 aliphatic carbocycles. The van der Waals surface area contributed by atoms with Gasteiger partial charge in [0.25, 0.3) is 0 Å². The van der Waals surface area contributed by atoms with Crippen molar-refractivity contribution in [3.05, 3.63) is 17.5 Å². The maximum Gasteiger partial charge on any atom is 0.244 e. The summed E-state index contributed by atoms with van der Waals surface area (Å²) in [6.07, 6.45) is 3.34. The molecule has 1 fully saturated rings. The van der Waals surface area contributed by atoms with Gasteiger partial charge in [0.1, 0.15) is 6.54 Å². The Morgan fingerprint density at radius 2 is 2.17 bits per heavy atom. The summed E-state index contributed by atoms with van der Waals surface area (Å²) in [5, 5.41) is 7.24. The predicted octanol–water partition coefficient (Wildman–Crippen LogP) is 0.346. The Kier molecular flexibility index (Phi) is 6.15. The molecule has 23 heavy (non-hydrogen) atoms. The van der Waals surface area contributed by atoms with Gasteiger partial charge in [0.2, 0.25) is 11.8 Å². The zero-order valence-electron chi connectivity index (χ0n) is 14.0. The fourth-order valence-corrected chi connectivity index (χ4v) is 3.05. The second-order valence-electron chi connectivity index (χ2n) is 6.16. The number of nitrogens with one attached hydrogen (secondary N) is 1. The van der Waals surface area contributed by atoms with Crippen LogP contribution in [0.4, 0.5) is 0 Å². The number of hydrogen-bond donors (Lipinski definition) is 2. The number of carbonyl (C=O) groups excluding carboxylic acids is 2. The SMILES string of the molecule is Cc1cc(C)n(CC(=O)N2CCCCC2CNC(=O)CCN)n1. The van der Waals surface area contributed by atoms with Crippen molar-refractivity contribution in [1.82, 2.24) is 20.0 Å². The Labute approximate surface area is 137 Å². The van der Waals surface area contributed by atoms with Crippen LogP contribution in [0, 0.1) is 13.8 Å². The quantitative estimate of drug-likeness (QED) is 0.790. The largest absolute Gasteiger partial charge is 0.354 e. The van der Waals surface area contributed by atoms with E-state index in [0.29, 0.717) is 19.5 Å². The lowest BCUT2D eigenvalue weighted by molar-refractivity contribution is -0.136. The van der Waals surface area contributed by atoms with E-state index in [4.69, 9.17) is 5.73 Å². The number of aryl methyl sites for hydroxylation is 2. The van der Waals surface area contributed by atoms with E-state index in [1.807, 2.05) is 24.8 Å². The lowest BCUT2D eigenvalue weighted by Crippen LogP contribution is -2.50. The van der Waals surface area contributed by atoms with E-state index >= 15 is 0 Å². The van der Waals surface area contributed by atoms with Gasteiger partial charge in [0, 0.05) is 37.8 Å². The van der Waals surface area contributed by atoms with Gasteiger partial charge >= 0.3 is 0 Å². The van der Waals surface area contributed by atoms with Crippen molar-refractivity contribution in [1.29, 1.82) is 0 Å². The summed E-state index contributed by atoms with van der Waals surface area (Å²) in [4.78, 5) is 26.1. The fraction of sp³-hybridized carbons (Fsp3) is 0.688. The van der Waals surface area contributed by atoms with Gasteiger partial charge in [-0.1, -0.05) is 0 Å². The molecule has 0 aromatic carbocycles. The van der Waals surface area contributed by atoms with Crippen LogP contribution in [0.5, 0.6) is 0 Å². The Morgan fingerprint density at radius 1 is 1.39 bits per heavy atom. The molecule has 2 heterocycles. The molecule has 1 aromatic heterocycles. The van der Waals surface area contributed by atoms with Crippen LogP contribution in [0.2, 0.25) is 0 Å². The molecule has 2 amide bonds. The molecule has 1 unspecified atom stereocenters. The van der Waals surface area contributed by atoms with E-state index in [1.54, 1.807) is 4.68 Å². The van der Waals surface area contributed by atoms with Crippen LogP contribution >= 0.6 is 0 Å². The lowest BCUT2D eigenvalue weighted by Gasteiger charge is -2.36. The molecule has 7 nitrogen and oxygen atoms in total. The minimum Gasteiger partial charge on any atom is -0.354 e. The van der Waals surface area contributed by atoms with E-state index < -0.39 is 0 Å². The van der Waals surface area contributed by atoms with E-state index in [0.717, 1.165) is 37.2 Å². The molecule has 3 N–H and O–H groups in total. The first kappa shape index (κ1) is 17.5.